The van der Waals surface area contributed by atoms with Gasteiger partial charge in [-0.2, -0.15) is 0 Å². The van der Waals surface area contributed by atoms with Crippen molar-refractivity contribution in [3.63, 3.8) is 0 Å². The number of ether oxygens (including phenoxy) is 2. The third-order valence-corrected chi connectivity index (χ3v) is 2.26. The third kappa shape index (κ3) is 1.03. The zero-order valence-electron chi connectivity index (χ0n) is 6.62. The molecule has 1 spiro atoms. The van der Waals surface area contributed by atoms with Crippen LogP contribution in [0.15, 0.2) is 24.3 Å². The molecule has 2 aliphatic heterocycles. The van der Waals surface area contributed by atoms with Crippen LogP contribution in [0.2, 0.25) is 0 Å². The molecule has 2 atom stereocenters. The Hall–Kier alpha value is -0.600. The first kappa shape index (κ1) is 7.07. The zero-order valence-corrected chi connectivity index (χ0v) is 6.62. The van der Waals surface area contributed by atoms with Crippen LogP contribution in [0.3, 0.4) is 0 Å². The van der Waals surface area contributed by atoms with Crippen molar-refractivity contribution < 1.29 is 9.47 Å². The maximum atomic E-state index is 5.57. The maximum absolute atomic E-state index is 5.57. The monoisotopic (exact) mass is 152 g/mol. The molecule has 2 rings (SSSR count). The Balaban J connectivity index is 2.27. The molecule has 0 radical (unpaired) electrons. The lowest BCUT2D eigenvalue weighted by Gasteiger charge is -2.33. The summed E-state index contributed by atoms with van der Waals surface area (Å²) >= 11 is 0. The van der Waals surface area contributed by atoms with Gasteiger partial charge in [-0.3, -0.25) is 0 Å². The fraction of sp³-hybridized carbons (Fsp3) is 0.556. The fourth-order valence-electron chi connectivity index (χ4n) is 1.53. The van der Waals surface area contributed by atoms with Crippen molar-refractivity contribution in [1.29, 1.82) is 0 Å². The first-order chi connectivity index (χ1) is 5.33. The van der Waals surface area contributed by atoms with Crippen LogP contribution in [0, 0.1) is 0 Å². The molecule has 0 fully saturated rings. The van der Waals surface area contributed by atoms with Gasteiger partial charge in [0.05, 0.1) is 19.3 Å². The number of hydrogen-bond acceptors (Lipinski definition) is 2. The van der Waals surface area contributed by atoms with Crippen LogP contribution < -0.4 is 0 Å². The standard InChI is InChI=1S/C9H12O2/c1-8-9(4-2-6-10-8)5-3-7-11-9/h2-5,8H,6-7H2,1H3/t8-,9+/m0/s1. The van der Waals surface area contributed by atoms with Crippen molar-refractivity contribution >= 4 is 0 Å². The van der Waals surface area contributed by atoms with Crippen molar-refractivity contribution in [2.75, 3.05) is 13.2 Å². The summed E-state index contributed by atoms with van der Waals surface area (Å²) in [5.74, 6) is 0. The van der Waals surface area contributed by atoms with Crippen molar-refractivity contribution in [3.05, 3.63) is 24.3 Å². The Labute approximate surface area is 66.5 Å². The molecule has 0 unspecified atom stereocenters. The lowest BCUT2D eigenvalue weighted by molar-refractivity contribution is -0.0702. The highest BCUT2D eigenvalue weighted by atomic mass is 16.6. The van der Waals surface area contributed by atoms with Crippen LogP contribution in [0.5, 0.6) is 0 Å². The van der Waals surface area contributed by atoms with Crippen molar-refractivity contribution in [2.24, 2.45) is 0 Å². The molecule has 60 valence electrons. The Bertz CT molecular complexity index is 208. The van der Waals surface area contributed by atoms with Gasteiger partial charge in [-0.05, 0) is 19.1 Å². The van der Waals surface area contributed by atoms with E-state index in [9.17, 15) is 0 Å². The first-order valence-electron chi connectivity index (χ1n) is 3.94. The zero-order chi connectivity index (χ0) is 7.73. The Kier molecular flexibility index (Phi) is 1.59. The van der Waals surface area contributed by atoms with E-state index in [2.05, 4.69) is 12.2 Å². The summed E-state index contributed by atoms with van der Waals surface area (Å²) in [6, 6.07) is 0. The highest BCUT2D eigenvalue weighted by Crippen LogP contribution is 2.29. The van der Waals surface area contributed by atoms with Crippen LogP contribution in [0.4, 0.5) is 0 Å². The second-order valence-corrected chi connectivity index (χ2v) is 2.94. The van der Waals surface area contributed by atoms with Gasteiger partial charge in [0.15, 0.2) is 0 Å². The molecule has 0 saturated heterocycles. The van der Waals surface area contributed by atoms with E-state index in [1.807, 2.05) is 19.1 Å². The summed E-state index contributed by atoms with van der Waals surface area (Å²) in [4.78, 5) is 0. The van der Waals surface area contributed by atoms with E-state index in [1.165, 1.54) is 0 Å². The van der Waals surface area contributed by atoms with E-state index in [4.69, 9.17) is 9.47 Å². The fourth-order valence-corrected chi connectivity index (χ4v) is 1.53. The van der Waals surface area contributed by atoms with Gasteiger partial charge in [-0.15, -0.1) is 0 Å². The number of hydrogen-bond donors (Lipinski definition) is 0. The average molecular weight is 152 g/mol. The molecule has 0 bridgehead atoms. The second kappa shape index (κ2) is 2.47. The van der Waals surface area contributed by atoms with E-state index in [0.29, 0.717) is 13.2 Å². The van der Waals surface area contributed by atoms with Gasteiger partial charge < -0.3 is 9.47 Å². The largest absolute Gasteiger partial charge is 0.371 e. The third-order valence-electron chi connectivity index (χ3n) is 2.26. The van der Waals surface area contributed by atoms with Gasteiger partial charge in [0.2, 0.25) is 0 Å². The van der Waals surface area contributed by atoms with Gasteiger partial charge in [-0.1, -0.05) is 12.2 Å². The highest BCUT2D eigenvalue weighted by Gasteiger charge is 2.36. The van der Waals surface area contributed by atoms with Crippen molar-refractivity contribution in [3.8, 4) is 0 Å². The first-order valence-corrected chi connectivity index (χ1v) is 3.94. The number of rotatable bonds is 0. The molecule has 0 aromatic carbocycles. The molecule has 2 heterocycles. The Morgan fingerprint density at radius 3 is 2.64 bits per heavy atom. The van der Waals surface area contributed by atoms with Crippen LogP contribution in [0.1, 0.15) is 6.92 Å². The van der Waals surface area contributed by atoms with E-state index >= 15 is 0 Å². The van der Waals surface area contributed by atoms with Crippen LogP contribution in [-0.4, -0.2) is 24.9 Å². The van der Waals surface area contributed by atoms with E-state index in [0.717, 1.165) is 0 Å². The minimum absolute atomic E-state index is 0.145. The summed E-state index contributed by atoms with van der Waals surface area (Å²) in [5, 5.41) is 0. The predicted octanol–water partition coefficient (Wildman–Crippen LogP) is 1.29. The Morgan fingerprint density at radius 2 is 2.00 bits per heavy atom. The van der Waals surface area contributed by atoms with Crippen LogP contribution >= 0.6 is 0 Å². The molecule has 2 aliphatic rings. The van der Waals surface area contributed by atoms with E-state index in [-0.39, 0.29) is 11.7 Å². The molecule has 0 aromatic heterocycles. The smallest absolute Gasteiger partial charge is 0.131 e. The van der Waals surface area contributed by atoms with E-state index in [1.54, 1.807) is 0 Å². The van der Waals surface area contributed by atoms with Crippen LogP contribution in [0.25, 0.3) is 0 Å². The molecule has 2 heteroatoms. The molecule has 11 heavy (non-hydrogen) atoms. The second-order valence-electron chi connectivity index (χ2n) is 2.94. The lowest BCUT2D eigenvalue weighted by Crippen LogP contribution is -2.41. The summed E-state index contributed by atoms with van der Waals surface area (Å²) in [6.07, 6.45) is 8.36. The van der Waals surface area contributed by atoms with Crippen molar-refractivity contribution in [1.82, 2.24) is 0 Å². The topological polar surface area (TPSA) is 18.5 Å². The summed E-state index contributed by atoms with van der Waals surface area (Å²) in [5.41, 5.74) is -0.252. The molecule has 0 amide bonds. The molecular formula is C9H12O2. The van der Waals surface area contributed by atoms with Gasteiger partial charge >= 0.3 is 0 Å². The lowest BCUT2D eigenvalue weighted by atomic mass is 9.96. The van der Waals surface area contributed by atoms with Gasteiger partial charge in [-0.25, -0.2) is 0 Å². The minimum Gasteiger partial charge on any atom is -0.371 e. The average Bonchev–Trinajstić information content (AvgIpc) is 2.46. The quantitative estimate of drug-likeness (QED) is 0.487. The summed E-state index contributed by atoms with van der Waals surface area (Å²) in [7, 11) is 0. The molecule has 0 N–H and O–H groups in total. The van der Waals surface area contributed by atoms with Gasteiger partial charge in [0.1, 0.15) is 5.60 Å². The molecule has 2 nitrogen and oxygen atoms in total. The highest BCUT2D eigenvalue weighted by molar-refractivity contribution is 5.23. The maximum Gasteiger partial charge on any atom is 0.131 e. The normalized spacial score (nSPS) is 42.1. The summed E-state index contributed by atoms with van der Waals surface area (Å²) < 4.78 is 11.0. The molecule has 0 aliphatic carbocycles. The molecule has 0 saturated carbocycles. The summed E-state index contributed by atoms with van der Waals surface area (Å²) in [6.45, 7) is 3.46. The van der Waals surface area contributed by atoms with Crippen molar-refractivity contribution in [2.45, 2.75) is 18.6 Å². The van der Waals surface area contributed by atoms with E-state index < -0.39 is 0 Å². The molecule has 0 aromatic rings. The van der Waals surface area contributed by atoms with Gasteiger partial charge in [0.25, 0.3) is 0 Å². The van der Waals surface area contributed by atoms with Gasteiger partial charge in [0, 0.05) is 0 Å². The molecular weight excluding hydrogens is 140 g/mol. The minimum atomic E-state index is -0.252. The Morgan fingerprint density at radius 1 is 1.27 bits per heavy atom. The predicted molar refractivity (Wildman–Crippen MR) is 42.4 cm³/mol. The van der Waals surface area contributed by atoms with Crippen LogP contribution in [-0.2, 0) is 9.47 Å². The SMILES string of the molecule is C[C@@H]1OCC=C[C@@]12C=CCO2.